The number of rotatable bonds is 6. The lowest BCUT2D eigenvalue weighted by Crippen LogP contribution is -2.25. The van der Waals surface area contributed by atoms with Crippen LogP contribution in [0.4, 0.5) is 0 Å². The van der Waals surface area contributed by atoms with Crippen molar-refractivity contribution in [2.75, 3.05) is 13.2 Å². The number of hydrogen-bond acceptors (Lipinski definition) is 3. The molecule has 0 atom stereocenters. The highest BCUT2D eigenvalue weighted by Gasteiger charge is 2.09. The first-order chi connectivity index (χ1) is 7.59. The fourth-order valence-corrected chi connectivity index (χ4v) is 1.26. The molecule has 0 unspecified atom stereocenters. The van der Waals surface area contributed by atoms with Gasteiger partial charge >= 0.3 is 0 Å². The maximum atomic E-state index is 11.5. The number of furan rings is 1. The number of carbonyl (C=O) groups is 1. The molecule has 0 aliphatic carbocycles. The first-order valence-electron chi connectivity index (χ1n) is 5.24. The molecule has 1 amide bonds. The van der Waals surface area contributed by atoms with Crippen molar-refractivity contribution in [3.8, 4) is 0 Å². The number of amides is 1. The Labute approximate surface area is 99.9 Å². The van der Waals surface area contributed by atoms with E-state index < -0.39 is 0 Å². The van der Waals surface area contributed by atoms with Crippen molar-refractivity contribution in [2.45, 2.75) is 26.4 Å². The molecule has 0 aliphatic heterocycles. The van der Waals surface area contributed by atoms with Crippen molar-refractivity contribution < 1.29 is 13.9 Å². The first kappa shape index (κ1) is 13.1. The molecule has 0 aliphatic rings. The highest BCUT2D eigenvalue weighted by Crippen LogP contribution is 2.12. The molecule has 4 nitrogen and oxygen atoms in total. The highest BCUT2D eigenvalue weighted by molar-refractivity contribution is 6.29. The average Bonchev–Trinajstić information content (AvgIpc) is 2.63. The summed E-state index contributed by atoms with van der Waals surface area (Å²) in [4.78, 5) is 11.5. The molecule has 90 valence electrons. The summed E-state index contributed by atoms with van der Waals surface area (Å²) < 4.78 is 10.3. The van der Waals surface area contributed by atoms with Crippen molar-refractivity contribution in [1.29, 1.82) is 0 Å². The third-order valence-corrected chi connectivity index (χ3v) is 2.06. The van der Waals surface area contributed by atoms with Crippen molar-refractivity contribution in [2.24, 2.45) is 0 Å². The molecule has 0 spiro atoms. The van der Waals surface area contributed by atoms with E-state index in [4.69, 9.17) is 20.8 Å². The second kappa shape index (κ2) is 6.55. The van der Waals surface area contributed by atoms with Gasteiger partial charge in [-0.2, -0.15) is 0 Å². The van der Waals surface area contributed by atoms with Crippen molar-refractivity contribution >= 4 is 17.5 Å². The van der Waals surface area contributed by atoms with Crippen LogP contribution in [0.15, 0.2) is 16.5 Å². The largest absolute Gasteiger partial charge is 0.440 e. The van der Waals surface area contributed by atoms with Crippen molar-refractivity contribution in [1.82, 2.24) is 5.32 Å². The van der Waals surface area contributed by atoms with Crippen molar-refractivity contribution in [3.63, 3.8) is 0 Å². The van der Waals surface area contributed by atoms with Gasteiger partial charge in [0.25, 0.3) is 5.91 Å². The third kappa shape index (κ3) is 4.68. The van der Waals surface area contributed by atoms with Crippen LogP contribution in [0.2, 0.25) is 5.22 Å². The van der Waals surface area contributed by atoms with Gasteiger partial charge in [0.05, 0.1) is 6.10 Å². The zero-order chi connectivity index (χ0) is 12.0. The van der Waals surface area contributed by atoms with E-state index in [0.717, 1.165) is 6.42 Å². The van der Waals surface area contributed by atoms with E-state index >= 15 is 0 Å². The normalized spacial score (nSPS) is 10.8. The molecule has 1 aromatic rings. The van der Waals surface area contributed by atoms with Gasteiger partial charge in [-0.25, -0.2) is 0 Å². The van der Waals surface area contributed by atoms with E-state index in [1.807, 2.05) is 13.8 Å². The van der Waals surface area contributed by atoms with Crippen molar-refractivity contribution in [3.05, 3.63) is 23.1 Å². The topological polar surface area (TPSA) is 51.5 Å². The van der Waals surface area contributed by atoms with Crippen LogP contribution in [0.3, 0.4) is 0 Å². The van der Waals surface area contributed by atoms with Gasteiger partial charge in [-0.05, 0) is 44.0 Å². The number of nitrogens with one attached hydrogen (secondary N) is 1. The lowest BCUT2D eigenvalue weighted by molar-refractivity contribution is 0.0753. The second-order valence-corrected chi connectivity index (χ2v) is 4.01. The minimum absolute atomic E-state index is 0.216. The Kier molecular flexibility index (Phi) is 5.35. The number of ether oxygens (including phenoxy) is 1. The van der Waals surface area contributed by atoms with Crippen LogP contribution in [0.5, 0.6) is 0 Å². The monoisotopic (exact) mass is 245 g/mol. The molecule has 0 radical (unpaired) electrons. The van der Waals surface area contributed by atoms with Gasteiger partial charge in [-0.3, -0.25) is 4.79 Å². The Morgan fingerprint density at radius 3 is 2.88 bits per heavy atom. The Bertz CT molecular complexity index is 336. The van der Waals surface area contributed by atoms with Crippen LogP contribution in [-0.2, 0) is 4.74 Å². The predicted molar refractivity (Wildman–Crippen MR) is 61.8 cm³/mol. The van der Waals surface area contributed by atoms with Crippen LogP contribution in [0.25, 0.3) is 0 Å². The van der Waals surface area contributed by atoms with E-state index in [0.29, 0.717) is 13.2 Å². The maximum absolute atomic E-state index is 11.5. The van der Waals surface area contributed by atoms with Crippen LogP contribution in [0.1, 0.15) is 30.8 Å². The van der Waals surface area contributed by atoms with E-state index in [9.17, 15) is 4.79 Å². The molecule has 1 rings (SSSR count). The molecule has 1 N–H and O–H groups in total. The third-order valence-electron chi connectivity index (χ3n) is 1.85. The van der Waals surface area contributed by atoms with Gasteiger partial charge in [0, 0.05) is 13.2 Å². The van der Waals surface area contributed by atoms with Gasteiger partial charge in [-0.1, -0.05) is 0 Å². The average molecular weight is 246 g/mol. The highest BCUT2D eigenvalue weighted by atomic mass is 35.5. The molecular weight excluding hydrogens is 230 g/mol. The molecule has 16 heavy (non-hydrogen) atoms. The van der Waals surface area contributed by atoms with E-state index in [-0.39, 0.29) is 23.0 Å². The molecule has 0 fully saturated rings. The Balaban J connectivity index is 2.16. The molecule has 1 aromatic heterocycles. The zero-order valence-electron chi connectivity index (χ0n) is 9.46. The molecule has 0 saturated carbocycles. The second-order valence-electron chi connectivity index (χ2n) is 3.63. The van der Waals surface area contributed by atoms with E-state index in [2.05, 4.69) is 5.32 Å². The van der Waals surface area contributed by atoms with Gasteiger partial charge in [-0.15, -0.1) is 0 Å². The first-order valence-corrected chi connectivity index (χ1v) is 5.62. The van der Waals surface area contributed by atoms with Gasteiger partial charge in [0.2, 0.25) is 0 Å². The smallest absolute Gasteiger partial charge is 0.287 e. The summed E-state index contributed by atoms with van der Waals surface area (Å²) in [6, 6.07) is 3.08. The van der Waals surface area contributed by atoms with Crippen LogP contribution < -0.4 is 5.32 Å². The Hall–Kier alpha value is -1.00. The predicted octanol–water partition coefficient (Wildman–Crippen LogP) is 2.48. The van der Waals surface area contributed by atoms with Gasteiger partial charge < -0.3 is 14.5 Å². The molecule has 0 bridgehead atoms. The summed E-state index contributed by atoms with van der Waals surface area (Å²) in [5.41, 5.74) is 0. The number of carbonyl (C=O) groups excluding carboxylic acids is 1. The fraction of sp³-hybridized carbons (Fsp3) is 0.545. The molecule has 0 saturated heterocycles. The summed E-state index contributed by atoms with van der Waals surface area (Å²) >= 11 is 5.56. The zero-order valence-corrected chi connectivity index (χ0v) is 10.2. The fourth-order valence-electron chi connectivity index (χ4n) is 1.12. The quantitative estimate of drug-likeness (QED) is 0.784. The summed E-state index contributed by atoms with van der Waals surface area (Å²) in [6.07, 6.45) is 0.998. The van der Waals surface area contributed by atoms with Crippen LogP contribution in [0, 0.1) is 0 Å². The molecular formula is C11H16ClNO3. The van der Waals surface area contributed by atoms with E-state index in [1.165, 1.54) is 0 Å². The lowest BCUT2D eigenvalue weighted by atomic mass is 10.4. The standard InChI is InChI=1S/C11H16ClNO3/c1-8(2)15-7-3-6-13-11(14)9-4-5-10(12)16-9/h4-5,8H,3,6-7H2,1-2H3,(H,13,14). The number of halogens is 1. The summed E-state index contributed by atoms with van der Waals surface area (Å²) in [5, 5.41) is 2.93. The summed E-state index contributed by atoms with van der Waals surface area (Å²) in [7, 11) is 0. The SMILES string of the molecule is CC(C)OCCCNC(=O)c1ccc(Cl)o1. The van der Waals surface area contributed by atoms with Crippen LogP contribution >= 0.6 is 11.6 Å². The number of hydrogen-bond donors (Lipinski definition) is 1. The lowest BCUT2D eigenvalue weighted by Gasteiger charge is -2.07. The summed E-state index contributed by atoms with van der Waals surface area (Å²) in [6.45, 7) is 5.15. The molecule has 1 heterocycles. The molecule has 0 aromatic carbocycles. The van der Waals surface area contributed by atoms with Crippen LogP contribution in [-0.4, -0.2) is 25.2 Å². The molecule has 5 heteroatoms. The Morgan fingerprint density at radius 1 is 1.56 bits per heavy atom. The van der Waals surface area contributed by atoms with E-state index in [1.54, 1.807) is 12.1 Å². The minimum atomic E-state index is -0.253. The van der Waals surface area contributed by atoms with Gasteiger partial charge in [0.1, 0.15) is 0 Å². The summed E-state index contributed by atoms with van der Waals surface area (Å²) in [5.74, 6) is -0.0220. The van der Waals surface area contributed by atoms with Gasteiger partial charge in [0.15, 0.2) is 11.0 Å². The maximum Gasteiger partial charge on any atom is 0.287 e. The Morgan fingerprint density at radius 2 is 2.31 bits per heavy atom. The minimum Gasteiger partial charge on any atom is -0.440 e.